The second-order valence-corrected chi connectivity index (χ2v) is 10.2. The number of ether oxygens (including phenoxy) is 1. The van der Waals surface area contributed by atoms with Crippen molar-refractivity contribution in [2.75, 3.05) is 32.6 Å². The molecule has 1 saturated heterocycles. The highest BCUT2D eigenvalue weighted by Crippen LogP contribution is 2.34. The first-order valence-electron chi connectivity index (χ1n) is 13.4. The van der Waals surface area contributed by atoms with Crippen molar-refractivity contribution in [3.05, 3.63) is 89.9 Å². The number of halogens is 3. The molecule has 0 amide bonds. The standard InChI is InChI=1S/C31H29F3N6O/c1-39-16-13-21(14-17-39)36-26-19-29-27(18-25(26)38-24-7-5-15-35-30(24)41-2)37-23-6-3-4-8-28(23)40(29)22-11-9-20(10-12-22)31(32,33)34/h3-12,15,18-19,21,38H,13-14,16-17H2,1-2H3. The van der Waals surface area contributed by atoms with E-state index in [0.717, 1.165) is 60.3 Å². The first-order valence-corrected chi connectivity index (χ1v) is 13.4. The van der Waals surface area contributed by atoms with E-state index < -0.39 is 11.7 Å². The summed E-state index contributed by atoms with van der Waals surface area (Å²) in [5.74, 6) is 0.448. The predicted molar refractivity (Wildman–Crippen MR) is 153 cm³/mol. The van der Waals surface area contributed by atoms with Crippen LogP contribution in [0.3, 0.4) is 0 Å². The fourth-order valence-electron chi connectivity index (χ4n) is 5.24. The Kier molecular flexibility index (Phi) is 7.08. The van der Waals surface area contributed by atoms with Gasteiger partial charge in [0, 0.05) is 11.9 Å². The summed E-state index contributed by atoms with van der Waals surface area (Å²) in [6, 6.07) is 20.5. The number of aromatic nitrogens is 3. The molecule has 210 valence electrons. The molecule has 0 spiro atoms. The summed E-state index contributed by atoms with van der Waals surface area (Å²) < 4.78 is 47.5. The molecule has 2 aliphatic heterocycles. The fourth-order valence-corrected chi connectivity index (χ4v) is 5.24. The van der Waals surface area contributed by atoms with Crippen LogP contribution in [0.5, 0.6) is 5.88 Å². The Morgan fingerprint density at radius 2 is 1.71 bits per heavy atom. The van der Waals surface area contributed by atoms with Gasteiger partial charge in [0.05, 0.1) is 52.2 Å². The van der Waals surface area contributed by atoms with E-state index in [1.807, 2.05) is 53.1 Å². The maximum absolute atomic E-state index is 13.4. The Balaban J connectivity index is 1.59. The Bertz CT molecular complexity index is 1720. The molecule has 0 radical (unpaired) electrons. The lowest BCUT2D eigenvalue weighted by Gasteiger charge is -2.27. The second kappa shape index (κ2) is 10.9. The van der Waals surface area contributed by atoms with Gasteiger partial charge in [-0.15, -0.1) is 0 Å². The molecule has 41 heavy (non-hydrogen) atoms. The highest BCUT2D eigenvalue weighted by Gasteiger charge is 2.30. The number of alkyl halides is 3. The van der Waals surface area contributed by atoms with Crippen LogP contribution in [0.2, 0.25) is 0 Å². The maximum atomic E-state index is 13.4. The minimum Gasteiger partial charge on any atom is -0.480 e. The molecule has 1 aromatic heterocycles. The van der Waals surface area contributed by atoms with Crippen LogP contribution in [0.25, 0.3) is 28.1 Å². The van der Waals surface area contributed by atoms with E-state index in [0.29, 0.717) is 28.5 Å². The Hall–Kier alpha value is -4.44. The van der Waals surface area contributed by atoms with Crippen molar-refractivity contribution < 1.29 is 17.9 Å². The zero-order valence-electron chi connectivity index (χ0n) is 22.7. The number of anilines is 2. The number of nitrogens with one attached hydrogen (secondary N) is 1. The van der Waals surface area contributed by atoms with Gasteiger partial charge in [0.15, 0.2) is 0 Å². The van der Waals surface area contributed by atoms with Gasteiger partial charge in [-0.1, -0.05) is 12.1 Å². The van der Waals surface area contributed by atoms with Crippen LogP contribution in [0.4, 0.5) is 24.5 Å². The third-order valence-corrected chi connectivity index (χ3v) is 7.39. The number of para-hydroxylation sites is 2. The molecule has 6 rings (SSSR count). The van der Waals surface area contributed by atoms with Gasteiger partial charge in [-0.3, -0.25) is 4.99 Å². The van der Waals surface area contributed by atoms with Crippen molar-refractivity contribution in [3.63, 3.8) is 0 Å². The zero-order chi connectivity index (χ0) is 28.6. The molecule has 0 bridgehead atoms. The van der Waals surface area contributed by atoms with Gasteiger partial charge in [0.2, 0.25) is 5.88 Å². The normalized spacial score (nSPS) is 15.5. The van der Waals surface area contributed by atoms with Gasteiger partial charge in [-0.2, -0.15) is 13.2 Å². The number of fused-ring (bicyclic) bond motifs is 2. The van der Waals surface area contributed by atoms with Crippen molar-refractivity contribution in [2.24, 2.45) is 4.99 Å². The molecular weight excluding hydrogens is 529 g/mol. The maximum Gasteiger partial charge on any atom is 0.416 e. The van der Waals surface area contributed by atoms with E-state index in [-0.39, 0.29) is 6.04 Å². The molecular formula is C31H29F3N6O. The van der Waals surface area contributed by atoms with E-state index in [1.54, 1.807) is 13.3 Å². The van der Waals surface area contributed by atoms with Gasteiger partial charge in [0.25, 0.3) is 0 Å². The van der Waals surface area contributed by atoms with Crippen molar-refractivity contribution in [1.82, 2.24) is 19.4 Å². The van der Waals surface area contributed by atoms with Crippen LogP contribution in [-0.4, -0.2) is 52.7 Å². The molecule has 3 aromatic rings. The zero-order valence-corrected chi connectivity index (χ0v) is 22.7. The van der Waals surface area contributed by atoms with Crippen LogP contribution in [0.15, 0.2) is 84.0 Å². The lowest BCUT2D eigenvalue weighted by molar-refractivity contribution is -0.137. The first kappa shape index (κ1) is 26.8. The van der Waals surface area contributed by atoms with Crippen LogP contribution in [-0.2, 0) is 6.18 Å². The van der Waals surface area contributed by atoms with Crippen LogP contribution in [0, 0.1) is 0 Å². The smallest absolute Gasteiger partial charge is 0.416 e. The topological polar surface area (TPSA) is 67.6 Å². The highest BCUT2D eigenvalue weighted by atomic mass is 19.4. The summed E-state index contributed by atoms with van der Waals surface area (Å²) in [7, 11) is 3.68. The third kappa shape index (κ3) is 5.47. The van der Waals surface area contributed by atoms with E-state index in [1.165, 1.54) is 12.1 Å². The molecule has 0 saturated carbocycles. The predicted octanol–water partition coefficient (Wildman–Crippen LogP) is 6.29. The van der Waals surface area contributed by atoms with Gasteiger partial charge in [-0.05, 0) is 93.6 Å². The summed E-state index contributed by atoms with van der Waals surface area (Å²) >= 11 is 0. The summed E-state index contributed by atoms with van der Waals surface area (Å²) in [5, 5.41) is 4.18. The molecule has 7 nitrogen and oxygen atoms in total. The molecule has 2 aromatic carbocycles. The van der Waals surface area contributed by atoms with Crippen LogP contribution in [0.1, 0.15) is 18.4 Å². The fraction of sp³-hybridized carbons (Fsp3) is 0.258. The molecule has 3 aliphatic rings. The van der Waals surface area contributed by atoms with Crippen molar-refractivity contribution >= 4 is 22.4 Å². The number of piperidine rings is 1. The number of rotatable bonds is 5. The minimum atomic E-state index is -4.42. The summed E-state index contributed by atoms with van der Waals surface area (Å²) in [4.78, 5) is 16.7. The molecule has 10 heteroatoms. The van der Waals surface area contributed by atoms with Crippen LogP contribution >= 0.6 is 0 Å². The summed E-state index contributed by atoms with van der Waals surface area (Å²) in [6.45, 7) is 1.91. The minimum absolute atomic E-state index is 0.132. The van der Waals surface area contributed by atoms with Crippen molar-refractivity contribution in [1.29, 1.82) is 0 Å². The number of methoxy groups -OCH3 is 1. The van der Waals surface area contributed by atoms with Gasteiger partial charge in [0.1, 0.15) is 5.69 Å². The lowest BCUT2D eigenvalue weighted by atomic mass is 10.1. The van der Waals surface area contributed by atoms with Crippen LogP contribution < -0.4 is 15.4 Å². The molecule has 1 aliphatic carbocycles. The number of pyridine rings is 1. The van der Waals surface area contributed by atoms with Gasteiger partial charge in [-0.25, -0.2) is 9.97 Å². The van der Waals surface area contributed by atoms with Crippen molar-refractivity contribution in [3.8, 4) is 23.0 Å². The number of benzene rings is 3. The number of nitrogens with zero attached hydrogens (tertiary/aromatic N) is 5. The SMILES string of the molecule is COc1ncccc1Nc1cc2nc3ccccc3n(-c3ccc(C(F)(F)F)cc3)c-2cc1=NC1CCN(C)CC1. The number of likely N-dealkylation sites (tertiary alicyclic amines) is 1. The molecule has 0 atom stereocenters. The van der Waals surface area contributed by atoms with E-state index in [4.69, 9.17) is 14.7 Å². The average molecular weight is 559 g/mol. The quantitative estimate of drug-likeness (QED) is 0.257. The third-order valence-electron chi connectivity index (χ3n) is 7.39. The number of hydrogen-bond donors (Lipinski definition) is 1. The van der Waals surface area contributed by atoms with E-state index in [2.05, 4.69) is 22.2 Å². The molecule has 1 N–H and O–H groups in total. The number of hydrogen-bond acceptors (Lipinski definition) is 6. The van der Waals surface area contributed by atoms with Gasteiger partial charge >= 0.3 is 6.18 Å². The largest absolute Gasteiger partial charge is 0.480 e. The average Bonchev–Trinajstić information content (AvgIpc) is 2.97. The van der Waals surface area contributed by atoms with E-state index in [9.17, 15) is 13.2 Å². The molecule has 0 unspecified atom stereocenters. The molecule has 3 heterocycles. The monoisotopic (exact) mass is 558 g/mol. The van der Waals surface area contributed by atoms with Crippen molar-refractivity contribution in [2.45, 2.75) is 25.1 Å². The Morgan fingerprint density at radius 3 is 2.44 bits per heavy atom. The Labute approximate surface area is 235 Å². The first-order chi connectivity index (χ1) is 19.8. The highest BCUT2D eigenvalue weighted by molar-refractivity contribution is 5.84. The van der Waals surface area contributed by atoms with Gasteiger partial charge < -0.3 is 19.5 Å². The summed E-state index contributed by atoms with van der Waals surface area (Å²) in [5.41, 5.74) is 4.22. The second-order valence-electron chi connectivity index (χ2n) is 10.2. The lowest BCUT2D eigenvalue weighted by Crippen LogP contribution is -2.33. The summed E-state index contributed by atoms with van der Waals surface area (Å²) in [6.07, 6.45) is -0.896. The molecule has 1 fully saturated rings. The van der Waals surface area contributed by atoms with E-state index >= 15 is 0 Å². The Morgan fingerprint density at radius 1 is 0.951 bits per heavy atom.